The number of carbonyl (C=O) groups is 1. The maximum atomic E-state index is 13.2. The first kappa shape index (κ1) is 19.7. The number of nitrogens with two attached hydrogens (primary N) is 1. The number of amides is 1. The Morgan fingerprint density at radius 1 is 1.40 bits per heavy atom. The average molecular weight is 367 g/mol. The Morgan fingerprint density at radius 3 is 2.76 bits per heavy atom. The smallest absolute Gasteiger partial charge is 0.259 e. The number of hydrogen-bond donors (Lipinski definition) is 1. The molecule has 2 aromatic heterocycles. The van der Waals surface area contributed by atoms with E-state index in [-0.39, 0.29) is 30.3 Å². The Balaban J connectivity index is 0.00000225. The summed E-state index contributed by atoms with van der Waals surface area (Å²) in [7, 11) is 0. The molecule has 0 spiro atoms. The summed E-state index contributed by atoms with van der Waals surface area (Å²) in [6, 6.07) is 2.00. The fourth-order valence-electron chi connectivity index (χ4n) is 3.37. The molecule has 2 N–H and O–H groups in total. The van der Waals surface area contributed by atoms with Crippen molar-refractivity contribution in [2.75, 3.05) is 13.1 Å². The molecule has 1 fully saturated rings. The van der Waals surface area contributed by atoms with Crippen molar-refractivity contribution >= 4 is 29.4 Å². The van der Waals surface area contributed by atoms with Crippen LogP contribution in [0.2, 0.25) is 0 Å². The molecule has 7 heteroatoms. The highest BCUT2D eigenvalue weighted by Gasteiger charge is 2.29. The number of fused-ring (bicyclic) bond motifs is 1. The zero-order valence-corrected chi connectivity index (χ0v) is 16.1. The number of piperidine rings is 1. The highest BCUT2D eigenvalue weighted by Crippen LogP contribution is 2.28. The Kier molecular flexibility index (Phi) is 6.06. The summed E-state index contributed by atoms with van der Waals surface area (Å²) in [4.78, 5) is 19.6. The molecule has 138 valence electrons. The van der Waals surface area contributed by atoms with Crippen LogP contribution >= 0.6 is 12.4 Å². The van der Waals surface area contributed by atoms with E-state index >= 15 is 0 Å². The second kappa shape index (κ2) is 7.70. The van der Waals surface area contributed by atoms with Crippen molar-refractivity contribution in [3.63, 3.8) is 0 Å². The standard InChI is InChI=1S/C18H26N4O2.ClH/c1-10(2)15-8-14(16-12(4)21-24-17(16)20-15)18(23)22-7-5-6-13(9-22)11(3)19;/h8,10-11,13H,5-7,9,19H2,1-4H3;1H. The summed E-state index contributed by atoms with van der Waals surface area (Å²) in [6.45, 7) is 9.46. The molecule has 25 heavy (non-hydrogen) atoms. The van der Waals surface area contributed by atoms with Gasteiger partial charge in [0.25, 0.3) is 11.6 Å². The van der Waals surface area contributed by atoms with Gasteiger partial charge in [0.2, 0.25) is 0 Å². The SMILES string of the molecule is Cc1noc2nc(C(C)C)cc(C(=O)N3CCCC(C(C)N)C3)c12.Cl. The topological polar surface area (TPSA) is 85.2 Å². The summed E-state index contributed by atoms with van der Waals surface area (Å²) < 4.78 is 5.33. The molecule has 1 aliphatic heterocycles. The molecule has 2 aromatic rings. The van der Waals surface area contributed by atoms with E-state index in [0.29, 0.717) is 29.4 Å². The average Bonchev–Trinajstić information content (AvgIpc) is 2.94. The molecule has 0 radical (unpaired) electrons. The number of carbonyl (C=O) groups excluding carboxylic acids is 1. The predicted octanol–water partition coefficient (Wildman–Crippen LogP) is 3.28. The van der Waals surface area contributed by atoms with Crippen LogP contribution in [0.3, 0.4) is 0 Å². The Bertz CT molecular complexity index is 757. The van der Waals surface area contributed by atoms with Gasteiger partial charge in [-0.15, -0.1) is 12.4 Å². The first-order valence-electron chi connectivity index (χ1n) is 8.70. The largest absolute Gasteiger partial charge is 0.338 e. The monoisotopic (exact) mass is 366 g/mol. The molecule has 6 nitrogen and oxygen atoms in total. The maximum Gasteiger partial charge on any atom is 0.259 e. The summed E-state index contributed by atoms with van der Waals surface area (Å²) in [5.74, 6) is 0.596. The van der Waals surface area contributed by atoms with Crippen molar-refractivity contribution in [3.05, 3.63) is 23.0 Å². The van der Waals surface area contributed by atoms with E-state index in [1.165, 1.54) is 0 Å². The molecule has 1 amide bonds. The summed E-state index contributed by atoms with van der Waals surface area (Å²) in [6.07, 6.45) is 2.07. The van der Waals surface area contributed by atoms with E-state index < -0.39 is 0 Å². The third kappa shape index (κ3) is 3.80. The summed E-state index contributed by atoms with van der Waals surface area (Å²) in [5.41, 5.74) is 8.71. The lowest BCUT2D eigenvalue weighted by Gasteiger charge is -2.34. The molecule has 0 aromatic carbocycles. The normalized spacial score (nSPS) is 19.1. The first-order chi connectivity index (χ1) is 11.4. The number of aryl methyl sites for hydroxylation is 1. The van der Waals surface area contributed by atoms with Gasteiger partial charge in [0.1, 0.15) is 0 Å². The van der Waals surface area contributed by atoms with Crippen LogP contribution in [-0.4, -0.2) is 40.1 Å². The van der Waals surface area contributed by atoms with E-state index in [1.54, 1.807) is 0 Å². The summed E-state index contributed by atoms with van der Waals surface area (Å²) >= 11 is 0. The van der Waals surface area contributed by atoms with E-state index in [0.717, 1.165) is 30.5 Å². The highest BCUT2D eigenvalue weighted by atomic mass is 35.5. The van der Waals surface area contributed by atoms with Gasteiger partial charge in [-0.1, -0.05) is 19.0 Å². The number of nitrogens with zero attached hydrogens (tertiary/aromatic N) is 3. The zero-order valence-electron chi connectivity index (χ0n) is 15.3. The Labute approximate surface area is 154 Å². The lowest BCUT2D eigenvalue weighted by atomic mass is 9.91. The van der Waals surface area contributed by atoms with Crippen molar-refractivity contribution in [2.45, 2.75) is 52.5 Å². The molecule has 0 aliphatic carbocycles. The van der Waals surface area contributed by atoms with E-state index in [1.807, 2.05) is 24.8 Å². The number of rotatable bonds is 3. The van der Waals surface area contributed by atoms with Crippen molar-refractivity contribution in [2.24, 2.45) is 11.7 Å². The van der Waals surface area contributed by atoms with Gasteiger partial charge in [-0.05, 0) is 44.6 Å². The molecule has 1 aliphatic rings. The van der Waals surface area contributed by atoms with Crippen molar-refractivity contribution < 1.29 is 9.32 Å². The van der Waals surface area contributed by atoms with Crippen molar-refractivity contribution in [1.82, 2.24) is 15.0 Å². The van der Waals surface area contributed by atoms with Crippen LogP contribution in [0.1, 0.15) is 61.3 Å². The van der Waals surface area contributed by atoms with Gasteiger partial charge < -0.3 is 15.2 Å². The second-order valence-electron chi connectivity index (χ2n) is 7.21. The van der Waals surface area contributed by atoms with Gasteiger partial charge in [-0.3, -0.25) is 4.79 Å². The minimum atomic E-state index is 0. The molecule has 0 bridgehead atoms. The van der Waals surface area contributed by atoms with Gasteiger partial charge in [-0.25, -0.2) is 4.98 Å². The molecule has 3 heterocycles. The van der Waals surface area contributed by atoms with Crippen molar-refractivity contribution in [3.8, 4) is 0 Å². The predicted molar refractivity (Wildman–Crippen MR) is 100 cm³/mol. The van der Waals surface area contributed by atoms with E-state index in [2.05, 4.69) is 24.0 Å². The molecule has 3 rings (SSSR count). The number of hydrogen-bond acceptors (Lipinski definition) is 5. The van der Waals surface area contributed by atoms with Crippen LogP contribution in [0, 0.1) is 12.8 Å². The first-order valence-corrected chi connectivity index (χ1v) is 8.70. The fourth-order valence-corrected chi connectivity index (χ4v) is 3.37. The fraction of sp³-hybridized carbons (Fsp3) is 0.611. The molecule has 0 saturated carbocycles. The van der Waals surface area contributed by atoms with Crippen LogP contribution in [0.5, 0.6) is 0 Å². The maximum absolute atomic E-state index is 13.2. The Hall–Kier alpha value is -1.66. The Morgan fingerprint density at radius 2 is 2.12 bits per heavy atom. The molecule has 2 unspecified atom stereocenters. The number of likely N-dealkylation sites (tertiary alicyclic amines) is 1. The van der Waals surface area contributed by atoms with Gasteiger partial charge in [0.15, 0.2) is 0 Å². The summed E-state index contributed by atoms with van der Waals surface area (Å²) in [5, 5.41) is 4.73. The molecular weight excluding hydrogens is 340 g/mol. The third-order valence-electron chi connectivity index (χ3n) is 4.95. The van der Waals surface area contributed by atoms with Gasteiger partial charge in [0.05, 0.1) is 16.6 Å². The number of pyridine rings is 1. The van der Waals surface area contributed by atoms with Crippen LogP contribution in [0.4, 0.5) is 0 Å². The van der Waals surface area contributed by atoms with Gasteiger partial charge in [0, 0.05) is 24.8 Å². The van der Waals surface area contributed by atoms with E-state index in [4.69, 9.17) is 10.3 Å². The molecule has 2 atom stereocenters. The highest BCUT2D eigenvalue weighted by molar-refractivity contribution is 6.06. The van der Waals surface area contributed by atoms with Crippen LogP contribution in [-0.2, 0) is 0 Å². The zero-order chi connectivity index (χ0) is 17.4. The molecular formula is C18H27ClN4O2. The lowest BCUT2D eigenvalue weighted by molar-refractivity contribution is 0.0662. The van der Waals surface area contributed by atoms with Crippen LogP contribution < -0.4 is 5.73 Å². The second-order valence-corrected chi connectivity index (χ2v) is 7.21. The minimum absolute atomic E-state index is 0. The van der Waals surface area contributed by atoms with Crippen LogP contribution in [0.15, 0.2) is 10.6 Å². The van der Waals surface area contributed by atoms with E-state index in [9.17, 15) is 4.79 Å². The lowest BCUT2D eigenvalue weighted by Crippen LogP contribution is -2.45. The number of aromatic nitrogens is 2. The minimum Gasteiger partial charge on any atom is -0.338 e. The number of halogens is 1. The third-order valence-corrected chi connectivity index (χ3v) is 4.95. The van der Waals surface area contributed by atoms with Gasteiger partial charge in [-0.2, -0.15) is 0 Å². The van der Waals surface area contributed by atoms with Crippen molar-refractivity contribution in [1.29, 1.82) is 0 Å². The molecule has 1 saturated heterocycles. The van der Waals surface area contributed by atoms with Crippen LogP contribution in [0.25, 0.3) is 11.1 Å². The quantitative estimate of drug-likeness (QED) is 0.900. The van der Waals surface area contributed by atoms with Gasteiger partial charge >= 0.3 is 0 Å².